The van der Waals surface area contributed by atoms with Gasteiger partial charge in [-0.15, -0.1) is 0 Å². The first kappa shape index (κ1) is 14.6. The molecular weight excluding hydrogens is 235 g/mol. The molecule has 0 spiro atoms. The molecule has 1 aromatic rings. The lowest BCUT2D eigenvalue weighted by Gasteiger charge is -2.17. The fourth-order valence-electron chi connectivity index (χ4n) is 1.45. The molecule has 0 fully saturated rings. The molecule has 0 saturated heterocycles. The minimum Gasteiger partial charge on any atom is -0.389 e. The molecule has 0 unspecified atom stereocenters. The number of hydrogen-bond acceptors (Lipinski definition) is 3. The van der Waals surface area contributed by atoms with Crippen LogP contribution in [0.5, 0.6) is 0 Å². The van der Waals surface area contributed by atoms with Gasteiger partial charge < -0.3 is 15.7 Å². The Morgan fingerprint density at radius 3 is 2.67 bits per heavy atom. The number of hydrogen-bond donors (Lipinski definition) is 3. The summed E-state index contributed by atoms with van der Waals surface area (Å²) in [6, 6.07) is 4.40. The molecule has 1 amide bonds. The second kappa shape index (κ2) is 5.93. The van der Waals surface area contributed by atoms with Crippen molar-refractivity contribution in [3.8, 4) is 0 Å². The molecule has 0 bridgehead atoms. The lowest BCUT2D eigenvalue weighted by Crippen LogP contribution is -2.38. The number of amides is 1. The summed E-state index contributed by atoms with van der Waals surface area (Å²) in [6.45, 7) is 3.77. The fraction of sp³-hybridized carbons (Fsp3) is 0.462. The first-order valence-electron chi connectivity index (χ1n) is 5.77. The van der Waals surface area contributed by atoms with Gasteiger partial charge in [0.1, 0.15) is 5.82 Å². The average molecular weight is 254 g/mol. The monoisotopic (exact) mass is 254 g/mol. The molecule has 4 nitrogen and oxygen atoms in total. The molecule has 18 heavy (non-hydrogen) atoms. The molecule has 5 heteroatoms. The Morgan fingerprint density at radius 1 is 1.44 bits per heavy atom. The van der Waals surface area contributed by atoms with Crippen LogP contribution in [-0.2, 0) is 6.54 Å². The molecule has 3 N–H and O–H groups in total. The van der Waals surface area contributed by atoms with E-state index in [1.807, 2.05) is 0 Å². The van der Waals surface area contributed by atoms with E-state index in [1.54, 1.807) is 27.0 Å². The van der Waals surface area contributed by atoms with E-state index in [9.17, 15) is 14.3 Å². The summed E-state index contributed by atoms with van der Waals surface area (Å²) in [5.41, 5.74) is -0.200. The van der Waals surface area contributed by atoms with Crippen molar-refractivity contribution in [2.45, 2.75) is 26.0 Å². The molecule has 0 atom stereocenters. The molecule has 0 aliphatic heterocycles. The quantitative estimate of drug-likeness (QED) is 0.736. The fourth-order valence-corrected chi connectivity index (χ4v) is 1.45. The van der Waals surface area contributed by atoms with Crippen molar-refractivity contribution < 1.29 is 14.3 Å². The molecule has 0 radical (unpaired) electrons. The average Bonchev–Trinajstić information content (AvgIpc) is 2.28. The van der Waals surface area contributed by atoms with Gasteiger partial charge in [0.15, 0.2) is 0 Å². The van der Waals surface area contributed by atoms with Crippen LogP contribution in [0.25, 0.3) is 0 Å². The van der Waals surface area contributed by atoms with Crippen molar-refractivity contribution >= 4 is 5.91 Å². The molecule has 0 aliphatic carbocycles. The Balaban J connectivity index is 2.81. The number of rotatable bonds is 5. The third-order valence-electron chi connectivity index (χ3n) is 2.34. The lowest BCUT2D eigenvalue weighted by atomic mass is 10.1. The second-order valence-electron chi connectivity index (χ2n) is 4.84. The number of carbonyl (C=O) groups is 1. The van der Waals surface area contributed by atoms with Gasteiger partial charge in [0.2, 0.25) is 0 Å². The van der Waals surface area contributed by atoms with Gasteiger partial charge in [0.05, 0.1) is 11.2 Å². The van der Waals surface area contributed by atoms with E-state index in [0.717, 1.165) is 5.56 Å². The van der Waals surface area contributed by atoms with E-state index in [1.165, 1.54) is 12.1 Å². The van der Waals surface area contributed by atoms with Gasteiger partial charge in [0, 0.05) is 13.1 Å². The molecule has 0 aromatic heterocycles. The van der Waals surface area contributed by atoms with Gasteiger partial charge in [0.25, 0.3) is 5.91 Å². The SMILES string of the molecule is CNCc1ccc(F)c(C(=O)NCC(C)(C)O)c1. The van der Waals surface area contributed by atoms with E-state index in [2.05, 4.69) is 10.6 Å². The van der Waals surface area contributed by atoms with Gasteiger partial charge in [-0.25, -0.2) is 4.39 Å². The minimum atomic E-state index is -1.02. The Kier molecular flexibility index (Phi) is 4.81. The van der Waals surface area contributed by atoms with Crippen molar-refractivity contribution in [2.24, 2.45) is 0 Å². The van der Waals surface area contributed by atoms with E-state index in [0.29, 0.717) is 6.54 Å². The first-order chi connectivity index (χ1) is 8.33. The Labute approximate surface area is 106 Å². The van der Waals surface area contributed by atoms with Gasteiger partial charge in [-0.3, -0.25) is 4.79 Å². The highest BCUT2D eigenvalue weighted by atomic mass is 19.1. The summed E-state index contributed by atoms with van der Waals surface area (Å²) in [5.74, 6) is -1.09. The highest BCUT2D eigenvalue weighted by Gasteiger charge is 2.17. The van der Waals surface area contributed by atoms with Gasteiger partial charge in [-0.2, -0.15) is 0 Å². The van der Waals surface area contributed by atoms with Crippen molar-refractivity contribution in [3.63, 3.8) is 0 Å². The smallest absolute Gasteiger partial charge is 0.254 e. The molecule has 100 valence electrons. The summed E-state index contributed by atoms with van der Waals surface area (Å²) >= 11 is 0. The summed E-state index contributed by atoms with van der Waals surface area (Å²) in [4.78, 5) is 11.8. The lowest BCUT2D eigenvalue weighted by molar-refractivity contribution is 0.0692. The van der Waals surface area contributed by atoms with E-state index < -0.39 is 17.3 Å². The number of carbonyl (C=O) groups excluding carboxylic acids is 1. The predicted octanol–water partition coefficient (Wildman–Crippen LogP) is 1.05. The molecule has 0 saturated carbocycles. The van der Waals surface area contributed by atoms with Crippen LogP contribution < -0.4 is 10.6 Å². The highest BCUT2D eigenvalue weighted by Crippen LogP contribution is 2.11. The maximum absolute atomic E-state index is 13.5. The molecular formula is C13H19FN2O2. The van der Waals surface area contributed by atoms with Crippen LogP contribution in [0, 0.1) is 5.82 Å². The van der Waals surface area contributed by atoms with Crippen LogP contribution in [0.15, 0.2) is 18.2 Å². The van der Waals surface area contributed by atoms with Crippen LogP contribution in [0.4, 0.5) is 4.39 Å². The van der Waals surface area contributed by atoms with Gasteiger partial charge in [-0.1, -0.05) is 6.07 Å². The first-order valence-corrected chi connectivity index (χ1v) is 5.77. The molecule has 1 aromatic carbocycles. The van der Waals surface area contributed by atoms with Crippen molar-refractivity contribution in [1.29, 1.82) is 0 Å². The minimum absolute atomic E-state index is 0.00741. The topological polar surface area (TPSA) is 61.4 Å². The number of aliphatic hydroxyl groups is 1. The maximum Gasteiger partial charge on any atom is 0.254 e. The highest BCUT2D eigenvalue weighted by molar-refractivity contribution is 5.94. The van der Waals surface area contributed by atoms with Crippen molar-refractivity contribution in [2.75, 3.05) is 13.6 Å². The Bertz CT molecular complexity index is 427. The van der Waals surface area contributed by atoms with Crippen molar-refractivity contribution in [3.05, 3.63) is 35.1 Å². The summed E-state index contributed by atoms with van der Waals surface area (Å²) in [6.07, 6.45) is 0. The number of benzene rings is 1. The second-order valence-corrected chi connectivity index (χ2v) is 4.84. The van der Waals surface area contributed by atoms with E-state index >= 15 is 0 Å². The molecule has 0 heterocycles. The van der Waals surface area contributed by atoms with E-state index in [4.69, 9.17) is 0 Å². The van der Waals surface area contributed by atoms with Crippen LogP contribution in [0.2, 0.25) is 0 Å². The Morgan fingerprint density at radius 2 is 2.11 bits per heavy atom. The zero-order valence-electron chi connectivity index (χ0n) is 10.9. The summed E-state index contributed by atoms with van der Waals surface area (Å²) in [5, 5.41) is 14.9. The number of nitrogens with one attached hydrogen (secondary N) is 2. The summed E-state index contributed by atoms with van der Waals surface area (Å²) < 4.78 is 13.5. The standard InChI is InChI=1S/C13H19FN2O2/c1-13(2,18)8-16-12(17)10-6-9(7-15-3)4-5-11(10)14/h4-6,15,18H,7-8H2,1-3H3,(H,16,17). The third kappa shape index (κ3) is 4.43. The molecule has 1 rings (SSSR count). The Hall–Kier alpha value is -1.46. The summed E-state index contributed by atoms with van der Waals surface area (Å²) in [7, 11) is 1.78. The predicted molar refractivity (Wildman–Crippen MR) is 67.8 cm³/mol. The molecule has 0 aliphatic rings. The largest absolute Gasteiger partial charge is 0.389 e. The zero-order valence-corrected chi connectivity index (χ0v) is 10.9. The van der Waals surface area contributed by atoms with Gasteiger partial charge in [-0.05, 0) is 38.6 Å². The van der Waals surface area contributed by atoms with Crippen LogP contribution in [0.1, 0.15) is 29.8 Å². The van der Waals surface area contributed by atoms with Gasteiger partial charge >= 0.3 is 0 Å². The third-order valence-corrected chi connectivity index (χ3v) is 2.34. The number of halogens is 1. The van der Waals surface area contributed by atoms with Crippen LogP contribution in [-0.4, -0.2) is 30.2 Å². The van der Waals surface area contributed by atoms with Crippen LogP contribution >= 0.6 is 0 Å². The zero-order chi connectivity index (χ0) is 13.8. The normalized spacial score (nSPS) is 11.4. The van der Waals surface area contributed by atoms with E-state index in [-0.39, 0.29) is 12.1 Å². The van der Waals surface area contributed by atoms with Crippen molar-refractivity contribution in [1.82, 2.24) is 10.6 Å². The maximum atomic E-state index is 13.5. The van der Waals surface area contributed by atoms with Crippen LogP contribution in [0.3, 0.4) is 0 Å².